The van der Waals surface area contributed by atoms with Crippen molar-refractivity contribution in [2.24, 2.45) is 0 Å². The van der Waals surface area contributed by atoms with Crippen molar-refractivity contribution in [2.75, 3.05) is 20.1 Å². The molecule has 1 fully saturated rings. The maximum atomic E-state index is 12.2. The maximum absolute atomic E-state index is 12.2. The average Bonchev–Trinajstić information content (AvgIpc) is 2.90. The Balaban J connectivity index is 1.89. The van der Waals surface area contributed by atoms with Crippen molar-refractivity contribution >= 4 is 17.4 Å². The molecule has 2 heterocycles. The van der Waals surface area contributed by atoms with Gasteiger partial charge in [0.1, 0.15) is 5.60 Å². The lowest BCUT2D eigenvalue weighted by molar-refractivity contribution is 0.0121. The van der Waals surface area contributed by atoms with Crippen molar-refractivity contribution in [1.82, 2.24) is 14.8 Å². The van der Waals surface area contributed by atoms with Crippen molar-refractivity contribution < 1.29 is 9.53 Å². The van der Waals surface area contributed by atoms with E-state index in [0.717, 1.165) is 32.5 Å². The number of hydrogen-bond acceptors (Lipinski definition) is 5. The normalized spacial score (nSPS) is 19.9. The second-order valence-electron chi connectivity index (χ2n) is 6.61. The van der Waals surface area contributed by atoms with Crippen molar-refractivity contribution in [3.63, 3.8) is 0 Å². The van der Waals surface area contributed by atoms with E-state index < -0.39 is 5.60 Å². The molecule has 1 atom stereocenters. The number of amides is 1. The van der Waals surface area contributed by atoms with Gasteiger partial charge in [-0.1, -0.05) is 0 Å². The Bertz CT molecular complexity index is 456. The number of hydrogen-bond donors (Lipinski definition) is 0. The molecule has 118 valence electrons. The largest absolute Gasteiger partial charge is 0.444 e. The Kier molecular flexibility index (Phi) is 5.22. The van der Waals surface area contributed by atoms with E-state index in [2.05, 4.69) is 16.9 Å². The Labute approximate surface area is 130 Å². The molecule has 0 bridgehead atoms. The van der Waals surface area contributed by atoms with E-state index in [1.807, 2.05) is 37.4 Å². The first-order valence-electron chi connectivity index (χ1n) is 7.41. The predicted molar refractivity (Wildman–Crippen MR) is 84.4 cm³/mol. The van der Waals surface area contributed by atoms with Gasteiger partial charge < -0.3 is 9.64 Å². The highest BCUT2D eigenvalue weighted by Gasteiger charge is 2.29. The lowest BCUT2D eigenvalue weighted by Crippen LogP contribution is -2.49. The molecule has 1 aliphatic rings. The van der Waals surface area contributed by atoms with Crippen molar-refractivity contribution in [3.8, 4) is 0 Å². The average molecular weight is 311 g/mol. The van der Waals surface area contributed by atoms with Gasteiger partial charge in [-0.2, -0.15) is 0 Å². The van der Waals surface area contributed by atoms with E-state index in [1.165, 1.54) is 4.88 Å². The molecule has 2 rings (SSSR count). The summed E-state index contributed by atoms with van der Waals surface area (Å²) in [5, 5.41) is 0. The molecule has 0 aromatic carbocycles. The molecule has 6 heteroatoms. The van der Waals surface area contributed by atoms with Gasteiger partial charge in [-0.05, 0) is 40.7 Å². The minimum Gasteiger partial charge on any atom is -0.444 e. The van der Waals surface area contributed by atoms with Crippen LogP contribution in [0.5, 0.6) is 0 Å². The van der Waals surface area contributed by atoms with E-state index in [9.17, 15) is 4.79 Å². The van der Waals surface area contributed by atoms with Crippen LogP contribution in [-0.4, -0.2) is 52.7 Å². The summed E-state index contributed by atoms with van der Waals surface area (Å²) in [7, 11) is 2.11. The van der Waals surface area contributed by atoms with Gasteiger partial charge >= 0.3 is 6.09 Å². The van der Waals surface area contributed by atoms with Gasteiger partial charge in [-0.3, -0.25) is 9.88 Å². The van der Waals surface area contributed by atoms with Crippen LogP contribution < -0.4 is 0 Å². The van der Waals surface area contributed by atoms with Gasteiger partial charge in [-0.25, -0.2) is 4.79 Å². The van der Waals surface area contributed by atoms with Crippen LogP contribution in [-0.2, 0) is 11.3 Å². The molecule has 0 unspecified atom stereocenters. The van der Waals surface area contributed by atoms with Crippen molar-refractivity contribution in [1.29, 1.82) is 0 Å². The van der Waals surface area contributed by atoms with E-state index in [1.54, 1.807) is 11.3 Å². The molecule has 1 aromatic rings. The zero-order valence-electron chi connectivity index (χ0n) is 13.3. The number of nitrogens with zero attached hydrogens (tertiary/aromatic N) is 3. The van der Waals surface area contributed by atoms with Crippen LogP contribution in [0.15, 0.2) is 11.7 Å². The highest BCUT2D eigenvalue weighted by Crippen LogP contribution is 2.20. The van der Waals surface area contributed by atoms with Gasteiger partial charge in [0.15, 0.2) is 0 Å². The van der Waals surface area contributed by atoms with Gasteiger partial charge in [0.25, 0.3) is 0 Å². The zero-order chi connectivity index (χ0) is 15.5. The molecule has 0 radical (unpaired) electrons. The fourth-order valence-electron chi connectivity index (χ4n) is 2.50. The van der Waals surface area contributed by atoms with Gasteiger partial charge in [0.05, 0.1) is 5.51 Å². The molecule has 21 heavy (non-hydrogen) atoms. The number of thiazole rings is 1. The van der Waals surface area contributed by atoms with Crippen molar-refractivity contribution in [2.45, 2.75) is 51.8 Å². The molecular weight excluding hydrogens is 286 g/mol. The number of rotatable bonds is 3. The number of piperidine rings is 1. The molecule has 0 N–H and O–H groups in total. The maximum Gasteiger partial charge on any atom is 0.410 e. The fourth-order valence-corrected chi connectivity index (χ4v) is 3.16. The van der Waals surface area contributed by atoms with Crippen LogP contribution in [0, 0.1) is 0 Å². The van der Waals surface area contributed by atoms with E-state index >= 15 is 0 Å². The van der Waals surface area contributed by atoms with Crippen LogP contribution in [0.1, 0.15) is 38.5 Å². The molecular formula is C15H25N3O2S. The summed E-state index contributed by atoms with van der Waals surface area (Å²) < 4.78 is 5.47. The highest BCUT2D eigenvalue weighted by molar-refractivity contribution is 7.09. The van der Waals surface area contributed by atoms with Crippen LogP contribution in [0.3, 0.4) is 0 Å². The van der Waals surface area contributed by atoms with Gasteiger partial charge in [-0.15, -0.1) is 11.3 Å². The number of carbonyl (C=O) groups is 1. The Morgan fingerprint density at radius 3 is 2.95 bits per heavy atom. The molecule has 1 saturated heterocycles. The summed E-state index contributed by atoms with van der Waals surface area (Å²) in [6.07, 6.45) is 3.86. The van der Waals surface area contributed by atoms with E-state index in [-0.39, 0.29) is 6.09 Å². The number of likely N-dealkylation sites (N-methyl/N-ethyl adjacent to an activating group) is 1. The molecule has 0 aliphatic carbocycles. The number of aromatic nitrogens is 1. The lowest BCUT2D eigenvalue weighted by atomic mass is 10.0. The van der Waals surface area contributed by atoms with Crippen LogP contribution in [0.25, 0.3) is 0 Å². The molecule has 1 aliphatic heterocycles. The zero-order valence-corrected chi connectivity index (χ0v) is 14.2. The highest BCUT2D eigenvalue weighted by atomic mass is 32.1. The third-order valence-corrected chi connectivity index (χ3v) is 4.32. The first-order valence-corrected chi connectivity index (χ1v) is 8.28. The number of likely N-dealkylation sites (tertiary alicyclic amines) is 1. The molecule has 0 spiro atoms. The Morgan fingerprint density at radius 2 is 2.33 bits per heavy atom. The molecule has 1 amide bonds. The van der Waals surface area contributed by atoms with Gasteiger partial charge in [0, 0.05) is 36.8 Å². The summed E-state index contributed by atoms with van der Waals surface area (Å²) >= 11 is 1.67. The van der Waals surface area contributed by atoms with Crippen molar-refractivity contribution in [3.05, 3.63) is 16.6 Å². The quantitative estimate of drug-likeness (QED) is 0.861. The third kappa shape index (κ3) is 4.97. The van der Waals surface area contributed by atoms with Crippen LogP contribution in [0.2, 0.25) is 0 Å². The number of ether oxygens (including phenoxy) is 1. The fraction of sp³-hybridized carbons (Fsp3) is 0.733. The lowest BCUT2D eigenvalue weighted by Gasteiger charge is -2.38. The first kappa shape index (κ1) is 16.2. The Morgan fingerprint density at radius 1 is 1.57 bits per heavy atom. The summed E-state index contributed by atoms with van der Waals surface area (Å²) in [6, 6.07) is 0.383. The van der Waals surface area contributed by atoms with E-state index in [4.69, 9.17) is 4.74 Å². The summed E-state index contributed by atoms with van der Waals surface area (Å²) in [5.41, 5.74) is 1.43. The van der Waals surface area contributed by atoms with Crippen LogP contribution in [0.4, 0.5) is 4.79 Å². The second-order valence-corrected chi connectivity index (χ2v) is 7.58. The minimum atomic E-state index is -0.432. The predicted octanol–water partition coefficient (Wildman–Crippen LogP) is 2.97. The standard InChI is InChI=1S/C15H25N3O2S/c1-15(2,3)20-14(19)18-7-5-6-12(9-18)17(4)10-13-8-16-11-21-13/h8,11-12H,5-7,9-10H2,1-4H3/t12-/m1/s1. The van der Waals surface area contributed by atoms with E-state index in [0.29, 0.717) is 6.04 Å². The Hall–Kier alpha value is -1.14. The smallest absolute Gasteiger partial charge is 0.410 e. The molecule has 1 aromatic heterocycles. The summed E-state index contributed by atoms with van der Waals surface area (Å²) in [5.74, 6) is 0. The topological polar surface area (TPSA) is 45.7 Å². The molecule has 0 saturated carbocycles. The number of carbonyl (C=O) groups excluding carboxylic acids is 1. The first-order chi connectivity index (χ1) is 9.85. The monoisotopic (exact) mass is 311 g/mol. The van der Waals surface area contributed by atoms with Crippen LogP contribution >= 0.6 is 11.3 Å². The third-order valence-electron chi connectivity index (χ3n) is 3.56. The minimum absolute atomic E-state index is 0.196. The SMILES string of the molecule is CN(Cc1cncs1)[C@@H]1CCCN(C(=O)OC(C)(C)C)C1. The second kappa shape index (κ2) is 6.75. The molecule has 5 nitrogen and oxygen atoms in total. The summed E-state index contributed by atoms with van der Waals surface area (Å²) in [4.78, 5) is 21.7. The summed E-state index contributed by atoms with van der Waals surface area (Å²) in [6.45, 7) is 8.13. The van der Waals surface area contributed by atoms with Gasteiger partial charge in [0.2, 0.25) is 0 Å².